The summed E-state index contributed by atoms with van der Waals surface area (Å²) in [6, 6.07) is 0. The SMILES string of the molecule is O=CN1CC(c2cnc(NCC3(C(F)(F)F)CC3)cn2)C1. The number of halogens is 3. The quantitative estimate of drug-likeness (QED) is 0.842. The first-order valence-electron chi connectivity index (χ1n) is 6.75. The molecule has 114 valence electrons. The summed E-state index contributed by atoms with van der Waals surface area (Å²) in [5.41, 5.74) is -0.832. The van der Waals surface area contributed by atoms with Crippen LogP contribution in [0.25, 0.3) is 0 Å². The molecule has 2 fully saturated rings. The van der Waals surface area contributed by atoms with E-state index in [9.17, 15) is 18.0 Å². The Hall–Kier alpha value is -1.86. The number of nitrogens with one attached hydrogen (secondary N) is 1. The van der Waals surface area contributed by atoms with Gasteiger partial charge in [-0.2, -0.15) is 13.2 Å². The van der Waals surface area contributed by atoms with Crippen LogP contribution in [-0.4, -0.2) is 47.1 Å². The third-order valence-corrected chi connectivity index (χ3v) is 4.21. The van der Waals surface area contributed by atoms with Crippen molar-refractivity contribution in [2.75, 3.05) is 25.0 Å². The van der Waals surface area contributed by atoms with Crippen LogP contribution in [0.4, 0.5) is 19.0 Å². The number of amides is 1. The fourth-order valence-corrected chi connectivity index (χ4v) is 2.40. The lowest BCUT2D eigenvalue weighted by atomic mass is 9.98. The highest BCUT2D eigenvalue weighted by molar-refractivity contribution is 5.49. The highest BCUT2D eigenvalue weighted by Gasteiger charge is 2.62. The lowest BCUT2D eigenvalue weighted by Crippen LogP contribution is -2.44. The fraction of sp³-hybridized carbons (Fsp3) is 0.615. The van der Waals surface area contributed by atoms with Gasteiger partial charge in [0, 0.05) is 25.6 Å². The summed E-state index contributed by atoms with van der Waals surface area (Å²) >= 11 is 0. The maximum atomic E-state index is 12.8. The first kappa shape index (κ1) is 14.1. The predicted molar refractivity (Wildman–Crippen MR) is 68.6 cm³/mol. The van der Waals surface area contributed by atoms with Crippen LogP contribution in [0.3, 0.4) is 0 Å². The zero-order chi connectivity index (χ0) is 15.1. The Morgan fingerprint density at radius 3 is 2.52 bits per heavy atom. The number of carbonyl (C=O) groups excluding carboxylic acids is 1. The fourth-order valence-electron chi connectivity index (χ4n) is 2.40. The van der Waals surface area contributed by atoms with Crippen LogP contribution < -0.4 is 5.32 Å². The van der Waals surface area contributed by atoms with Crippen molar-refractivity contribution in [1.29, 1.82) is 0 Å². The molecule has 1 aliphatic carbocycles. The van der Waals surface area contributed by atoms with E-state index in [4.69, 9.17) is 0 Å². The standard InChI is InChI=1S/C13H15F3N4O/c14-13(15,16)12(1-2-12)7-19-11-4-17-10(3-18-11)9-5-20(6-9)8-21/h3-4,8-9H,1-2,5-7H2,(H,18,19). The van der Waals surface area contributed by atoms with Gasteiger partial charge in [0.25, 0.3) is 0 Å². The van der Waals surface area contributed by atoms with Crippen molar-refractivity contribution >= 4 is 12.2 Å². The molecule has 1 aromatic heterocycles. The first-order chi connectivity index (χ1) is 9.93. The molecule has 1 aliphatic heterocycles. The highest BCUT2D eigenvalue weighted by atomic mass is 19.4. The largest absolute Gasteiger partial charge is 0.396 e. The molecule has 0 atom stereocenters. The van der Waals surface area contributed by atoms with E-state index in [1.807, 2.05) is 0 Å². The molecular weight excluding hydrogens is 285 g/mol. The molecule has 3 rings (SSSR count). The maximum absolute atomic E-state index is 12.8. The van der Waals surface area contributed by atoms with Gasteiger partial charge >= 0.3 is 6.18 Å². The molecule has 5 nitrogen and oxygen atoms in total. The normalized spacial score (nSPS) is 20.8. The van der Waals surface area contributed by atoms with Crippen molar-refractivity contribution in [1.82, 2.24) is 14.9 Å². The van der Waals surface area contributed by atoms with Crippen LogP contribution in [0.1, 0.15) is 24.5 Å². The van der Waals surface area contributed by atoms with E-state index in [0.717, 1.165) is 12.1 Å². The number of carbonyl (C=O) groups is 1. The Kier molecular flexibility index (Phi) is 3.26. The van der Waals surface area contributed by atoms with Crippen LogP contribution in [0.15, 0.2) is 12.4 Å². The number of hydrogen-bond acceptors (Lipinski definition) is 4. The van der Waals surface area contributed by atoms with Gasteiger partial charge in [-0.15, -0.1) is 0 Å². The molecule has 1 N–H and O–H groups in total. The summed E-state index contributed by atoms with van der Waals surface area (Å²) in [6.07, 6.45) is -0.0471. The van der Waals surface area contributed by atoms with Gasteiger partial charge in [-0.1, -0.05) is 0 Å². The van der Waals surface area contributed by atoms with Gasteiger partial charge < -0.3 is 10.2 Å². The zero-order valence-electron chi connectivity index (χ0n) is 11.2. The second-order valence-electron chi connectivity index (χ2n) is 5.71. The second kappa shape index (κ2) is 4.85. The maximum Gasteiger partial charge on any atom is 0.396 e. The van der Waals surface area contributed by atoms with Gasteiger partial charge in [0.05, 0.1) is 23.5 Å². The Bertz CT molecular complexity index is 521. The van der Waals surface area contributed by atoms with E-state index in [2.05, 4.69) is 15.3 Å². The number of aromatic nitrogens is 2. The molecule has 2 aliphatic rings. The van der Waals surface area contributed by atoms with Crippen LogP contribution in [0.5, 0.6) is 0 Å². The molecule has 0 spiro atoms. The molecule has 2 heterocycles. The van der Waals surface area contributed by atoms with E-state index in [1.54, 1.807) is 11.1 Å². The minimum atomic E-state index is -4.17. The average molecular weight is 300 g/mol. The van der Waals surface area contributed by atoms with Crippen molar-refractivity contribution in [3.63, 3.8) is 0 Å². The summed E-state index contributed by atoms with van der Waals surface area (Å²) in [7, 11) is 0. The molecule has 1 amide bonds. The number of hydrogen-bond donors (Lipinski definition) is 1. The number of alkyl halides is 3. The number of rotatable bonds is 5. The van der Waals surface area contributed by atoms with Crippen LogP contribution in [0, 0.1) is 5.41 Å². The van der Waals surface area contributed by atoms with E-state index in [1.165, 1.54) is 6.20 Å². The van der Waals surface area contributed by atoms with Crippen molar-refractivity contribution in [3.05, 3.63) is 18.1 Å². The van der Waals surface area contributed by atoms with Crippen LogP contribution >= 0.6 is 0 Å². The van der Waals surface area contributed by atoms with E-state index in [-0.39, 0.29) is 25.3 Å². The van der Waals surface area contributed by atoms with Gasteiger partial charge in [-0.05, 0) is 12.8 Å². The van der Waals surface area contributed by atoms with Crippen molar-refractivity contribution in [2.24, 2.45) is 5.41 Å². The lowest BCUT2D eigenvalue weighted by molar-refractivity contribution is -0.182. The number of anilines is 1. The third-order valence-electron chi connectivity index (χ3n) is 4.21. The summed E-state index contributed by atoms with van der Waals surface area (Å²) in [4.78, 5) is 20.4. The van der Waals surface area contributed by atoms with Gasteiger partial charge in [-0.25, -0.2) is 4.98 Å². The number of likely N-dealkylation sites (tertiary alicyclic amines) is 1. The van der Waals surface area contributed by atoms with Gasteiger partial charge in [-0.3, -0.25) is 9.78 Å². The van der Waals surface area contributed by atoms with E-state index < -0.39 is 11.6 Å². The van der Waals surface area contributed by atoms with E-state index in [0.29, 0.717) is 18.9 Å². The number of nitrogens with zero attached hydrogens (tertiary/aromatic N) is 3. The van der Waals surface area contributed by atoms with Crippen molar-refractivity contribution < 1.29 is 18.0 Å². The van der Waals surface area contributed by atoms with Crippen LogP contribution in [-0.2, 0) is 4.79 Å². The summed E-state index contributed by atoms with van der Waals surface area (Å²) in [6.45, 7) is 1.07. The molecule has 21 heavy (non-hydrogen) atoms. The van der Waals surface area contributed by atoms with Crippen molar-refractivity contribution in [2.45, 2.75) is 24.9 Å². The molecule has 0 aromatic carbocycles. The smallest absolute Gasteiger partial charge is 0.368 e. The molecule has 1 saturated carbocycles. The Morgan fingerprint density at radius 2 is 2.05 bits per heavy atom. The molecule has 0 bridgehead atoms. The molecule has 0 unspecified atom stereocenters. The Labute approximate surface area is 119 Å². The molecule has 1 saturated heterocycles. The molecular formula is C13H15F3N4O. The molecule has 1 aromatic rings. The highest BCUT2D eigenvalue weighted by Crippen LogP contribution is 2.57. The van der Waals surface area contributed by atoms with E-state index >= 15 is 0 Å². The van der Waals surface area contributed by atoms with Crippen LogP contribution in [0.2, 0.25) is 0 Å². The summed E-state index contributed by atoms with van der Waals surface area (Å²) in [5.74, 6) is 0.516. The monoisotopic (exact) mass is 300 g/mol. The Balaban J connectivity index is 1.55. The first-order valence-corrected chi connectivity index (χ1v) is 6.75. The third kappa shape index (κ3) is 2.66. The minimum absolute atomic E-state index is 0.160. The van der Waals surface area contributed by atoms with Gasteiger partial charge in [0.15, 0.2) is 0 Å². The zero-order valence-corrected chi connectivity index (χ0v) is 11.2. The molecule has 8 heteroatoms. The van der Waals surface area contributed by atoms with Gasteiger partial charge in [0.2, 0.25) is 6.41 Å². The second-order valence-corrected chi connectivity index (χ2v) is 5.71. The van der Waals surface area contributed by atoms with Crippen molar-refractivity contribution in [3.8, 4) is 0 Å². The Morgan fingerprint density at radius 1 is 1.33 bits per heavy atom. The summed E-state index contributed by atoms with van der Waals surface area (Å²) < 4.78 is 38.3. The topological polar surface area (TPSA) is 58.1 Å². The minimum Gasteiger partial charge on any atom is -0.368 e. The summed E-state index contributed by atoms with van der Waals surface area (Å²) in [5, 5.41) is 2.72. The predicted octanol–water partition coefficient (Wildman–Crippen LogP) is 1.79. The molecule has 0 radical (unpaired) electrons. The lowest BCUT2D eigenvalue weighted by Gasteiger charge is -2.35. The van der Waals surface area contributed by atoms with Gasteiger partial charge in [0.1, 0.15) is 5.82 Å². The average Bonchev–Trinajstić information content (AvgIpc) is 3.17.